The van der Waals surface area contributed by atoms with E-state index in [2.05, 4.69) is 15.9 Å². The molecule has 0 saturated heterocycles. The quantitative estimate of drug-likeness (QED) is 0.792. The zero-order valence-corrected chi connectivity index (χ0v) is 13.2. The Kier molecular flexibility index (Phi) is 4.45. The van der Waals surface area contributed by atoms with Crippen molar-refractivity contribution in [3.63, 3.8) is 0 Å². The monoisotopic (exact) mass is 334 g/mol. The van der Waals surface area contributed by atoms with Gasteiger partial charge in [-0.1, -0.05) is 22.0 Å². The molecule has 0 amide bonds. The fourth-order valence-corrected chi connectivity index (χ4v) is 2.29. The number of carbonyl (C=O) groups excluding carboxylic acids is 1. The Morgan fingerprint density at radius 1 is 1.00 bits per heavy atom. The molecule has 104 valence electrons. The van der Waals surface area contributed by atoms with Crippen molar-refractivity contribution in [2.45, 2.75) is 6.92 Å². The predicted octanol–water partition coefficient (Wildman–Crippen LogP) is 4.01. The number of ether oxygens (including phenoxy) is 2. The summed E-state index contributed by atoms with van der Waals surface area (Å²) in [5, 5.41) is 0. The van der Waals surface area contributed by atoms with Crippen molar-refractivity contribution < 1.29 is 14.3 Å². The maximum atomic E-state index is 12.6. The Hall–Kier alpha value is -1.81. The van der Waals surface area contributed by atoms with Crippen molar-refractivity contribution >= 4 is 21.7 Å². The number of ketones is 1. The molecule has 0 aromatic heterocycles. The van der Waals surface area contributed by atoms with E-state index in [0.717, 1.165) is 10.0 Å². The summed E-state index contributed by atoms with van der Waals surface area (Å²) < 4.78 is 11.3. The average Bonchev–Trinajstić information content (AvgIpc) is 2.48. The Morgan fingerprint density at radius 3 is 2.15 bits per heavy atom. The number of hydrogen-bond donors (Lipinski definition) is 0. The number of methoxy groups -OCH3 is 2. The first kappa shape index (κ1) is 14.6. The molecule has 4 heteroatoms. The summed E-state index contributed by atoms with van der Waals surface area (Å²) in [6.45, 7) is 1.91. The minimum atomic E-state index is -0.0546. The molecule has 0 atom stereocenters. The van der Waals surface area contributed by atoms with Crippen LogP contribution in [0.5, 0.6) is 11.5 Å². The molecular weight excluding hydrogens is 320 g/mol. The molecule has 0 radical (unpaired) electrons. The number of carbonyl (C=O) groups is 1. The molecule has 0 aliphatic rings. The third-order valence-electron chi connectivity index (χ3n) is 3.06. The lowest BCUT2D eigenvalue weighted by Crippen LogP contribution is -2.04. The predicted molar refractivity (Wildman–Crippen MR) is 81.9 cm³/mol. The average molecular weight is 335 g/mol. The summed E-state index contributed by atoms with van der Waals surface area (Å²) in [5.74, 6) is 1.14. The maximum Gasteiger partial charge on any atom is 0.193 e. The number of hydrogen-bond acceptors (Lipinski definition) is 3. The fraction of sp³-hybridized carbons (Fsp3) is 0.188. The van der Waals surface area contributed by atoms with Gasteiger partial charge in [0.05, 0.1) is 14.2 Å². The normalized spacial score (nSPS) is 10.2. The standard InChI is InChI=1S/C16H15BrO3/c1-10-4-5-12(17)8-15(10)16(18)11-6-13(19-2)9-14(7-11)20-3/h4-9H,1-3H3. The SMILES string of the molecule is COc1cc(OC)cc(C(=O)c2cc(Br)ccc2C)c1. The van der Waals surface area contributed by atoms with E-state index in [1.165, 1.54) is 0 Å². The molecule has 0 heterocycles. The van der Waals surface area contributed by atoms with E-state index in [1.807, 2.05) is 25.1 Å². The lowest BCUT2D eigenvalue weighted by molar-refractivity contribution is 0.103. The van der Waals surface area contributed by atoms with Crippen LogP contribution in [0, 0.1) is 6.92 Å². The summed E-state index contributed by atoms with van der Waals surface area (Å²) in [7, 11) is 3.13. The molecule has 2 aromatic rings. The summed E-state index contributed by atoms with van der Waals surface area (Å²) >= 11 is 3.39. The van der Waals surface area contributed by atoms with Crippen LogP contribution in [-0.4, -0.2) is 20.0 Å². The number of halogens is 1. The van der Waals surface area contributed by atoms with Gasteiger partial charge in [0.15, 0.2) is 5.78 Å². The molecule has 0 fully saturated rings. The van der Waals surface area contributed by atoms with Crippen LogP contribution < -0.4 is 9.47 Å². The van der Waals surface area contributed by atoms with Crippen LogP contribution >= 0.6 is 15.9 Å². The van der Waals surface area contributed by atoms with Gasteiger partial charge < -0.3 is 9.47 Å². The number of rotatable bonds is 4. The summed E-state index contributed by atoms with van der Waals surface area (Å²) in [5.41, 5.74) is 2.14. The van der Waals surface area contributed by atoms with E-state index < -0.39 is 0 Å². The van der Waals surface area contributed by atoms with Gasteiger partial charge >= 0.3 is 0 Å². The van der Waals surface area contributed by atoms with E-state index >= 15 is 0 Å². The van der Waals surface area contributed by atoms with E-state index in [-0.39, 0.29) is 5.78 Å². The van der Waals surface area contributed by atoms with Crippen molar-refractivity contribution in [2.24, 2.45) is 0 Å². The molecule has 0 bridgehead atoms. The van der Waals surface area contributed by atoms with Gasteiger partial charge in [-0.25, -0.2) is 0 Å². The molecule has 3 nitrogen and oxygen atoms in total. The van der Waals surface area contributed by atoms with E-state index in [0.29, 0.717) is 22.6 Å². The lowest BCUT2D eigenvalue weighted by Gasteiger charge is -2.09. The zero-order valence-electron chi connectivity index (χ0n) is 11.6. The van der Waals surface area contributed by atoms with E-state index in [4.69, 9.17) is 9.47 Å². The third-order valence-corrected chi connectivity index (χ3v) is 3.55. The van der Waals surface area contributed by atoms with Crippen molar-refractivity contribution in [1.29, 1.82) is 0 Å². The largest absolute Gasteiger partial charge is 0.497 e. The van der Waals surface area contributed by atoms with Crippen molar-refractivity contribution in [3.8, 4) is 11.5 Å². The highest BCUT2D eigenvalue weighted by Crippen LogP contribution is 2.26. The lowest BCUT2D eigenvalue weighted by atomic mass is 9.99. The molecule has 0 aliphatic carbocycles. The zero-order chi connectivity index (χ0) is 14.7. The molecular formula is C16H15BrO3. The second-order valence-electron chi connectivity index (χ2n) is 4.39. The van der Waals surface area contributed by atoms with Gasteiger partial charge in [-0.3, -0.25) is 4.79 Å². The van der Waals surface area contributed by atoms with Crippen LogP contribution in [0.3, 0.4) is 0 Å². The summed E-state index contributed by atoms with van der Waals surface area (Å²) in [6.07, 6.45) is 0. The Bertz CT molecular complexity index is 628. The second kappa shape index (κ2) is 6.09. The Labute approximate surface area is 126 Å². The van der Waals surface area contributed by atoms with Crippen LogP contribution in [0.25, 0.3) is 0 Å². The van der Waals surface area contributed by atoms with Crippen LogP contribution in [0.15, 0.2) is 40.9 Å². The molecule has 0 N–H and O–H groups in total. The van der Waals surface area contributed by atoms with Crippen molar-refractivity contribution in [3.05, 3.63) is 57.6 Å². The number of benzene rings is 2. The van der Waals surface area contributed by atoms with Gasteiger partial charge in [-0.15, -0.1) is 0 Å². The van der Waals surface area contributed by atoms with Crippen molar-refractivity contribution in [1.82, 2.24) is 0 Å². The Balaban J connectivity index is 2.50. The first-order chi connectivity index (χ1) is 9.55. The molecule has 0 unspecified atom stereocenters. The van der Waals surface area contributed by atoms with Gasteiger partial charge in [-0.05, 0) is 36.8 Å². The molecule has 0 aliphatic heterocycles. The molecule has 0 spiro atoms. The van der Waals surface area contributed by atoms with Gasteiger partial charge in [-0.2, -0.15) is 0 Å². The second-order valence-corrected chi connectivity index (χ2v) is 5.31. The highest BCUT2D eigenvalue weighted by Gasteiger charge is 2.14. The summed E-state index contributed by atoms with van der Waals surface area (Å²) in [6, 6.07) is 10.8. The van der Waals surface area contributed by atoms with Crippen LogP contribution in [-0.2, 0) is 0 Å². The van der Waals surface area contributed by atoms with Gasteiger partial charge in [0.2, 0.25) is 0 Å². The highest BCUT2D eigenvalue weighted by atomic mass is 79.9. The molecule has 0 saturated carbocycles. The highest BCUT2D eigenvalue weighted by molar-refractivity contribution is 9.10. The van der Waals surface area contributed by atoms with Gasteiger partial charge in [0.25, 0.3) is 0 Å². The topological polar surface area (TPSA) is 35.5 Å². The van der Waals surface area contributed by atoms with Gasteiger partial charge in [0, 0.05) is 21.7 Å². The fourth-order valence-electron chi connectivity index (χ4n) is 1.93. The van der Waals surface area contributed by atoms with Crippen molar-refractivity contribution in [2.75, 3.05) is 14.2 Å². The smallest absolute Gasteiger partial charge is 0.193 e. The van der Waals surface area contributed by atoms with Crippen LogP contribution in [0.4, 0.5) is 0 Å². The molecule has 20 heavy (non-hydrogen) atoms. The molecule has 2 aromatic carbocycles. The van der Waals surface area contributed by atoms with E-state index in [9.17, 15) is 4.79 Å². The summed E-state index contributed by atoms with van der Waals surface area (Å²) in [4.78, 5) is 12.6. The number of aryl methyl sites for hydroxylation is 1. The Morgan fingerprint density at radius 2 is 1.60 bits per heavy atom. The maximum absolute atomic E-state index is 12.6. The minimum absolute atomic E-state index is 0.0546. The van der Waals surface area contributed by atoms with E-state index in [1.54, 1.807) is 32.4 Å². The van der Waals surface area contributed by atoms with Gasteiger partial charge in [0.1, 0.15) is 11.5 Å². The van der Waals surface area contributed by atoms with Crippen LogP contribution in [0.2, 0.25) is 0 Å². The first-order valence-corrected chi connectivity index (χ1v) is 6.88. The first-order valence-electron chi connectivity index (χ1n) is 6.09. The van der Waals surface area contributed by atoms with Crippen LogP contribution in [0.1, 0.15) is 21.5 Å². The minimum Gasteiger partial charge on any atom is -0.497 e. The third kappa shape index (κ3) is 3.02. The molecule has 2 rings (SSSR count).